The molecule has 3 heteroatoms. The van der Waals surface area contributed by atoms with E-state index in [1.165, 1.54) is 45.1 Å². The highest BCUT2D eigenvalue weighted by Gasteiger charge is 2.58. The summed E-state index contributed by atoms with van der Waals surface area (Å²) in [7, 11) is -1.11. The molecule has 1 nitrogen and oxygen atoms in total. The van der Waals surface area contributed by atoms with Crippen molar-refractivity contribution in [2.45, 2.75) is 70.6 Å². The second-order valence-electron chi connectivity index (χ2n) is 5.97. The molecular weight excluding hydrogens is 268 g/mol. The summed E-state index contributed by atoms with van der Waals surface area (Å²) >= 11 is 0. The summed E-state index contributed by atoms with van der Waals surface area (Å²) < 4.78 is 2.95. The molecule has 0 amide bonds. The van der Waals surface area contributed by atoms with Crippen molar-refractivity contribution < 1.29 is 0 Å². The van der Waals surface area contributed by atoms with E-state index in [-0.39, 0.29) is 8.07 Å². The molecule has 1 saturated heterocycles. The van der Waals surface area contributed by atoms with E-state index in [1.807, 2.05) is 0 Å². The molecular formula is C16H34NP2+. The smallest absolute Gasteiger partial charge is 0.117 e. The molecule has 0 aliphatic carbocycles. The van der Waals surface area contributed by atoms with Crippen molar-refractivity contribution in [2.75, 3.05) is 19.9 Å². The van der Waals surface area contributed by atoms with E-state index in [2.05, 4.69) is 50.9 Å². The van der Waals surface area contributed by atoms with Gasteiger partial charge in [-0.05, 0) is 53.5 Å². The van der Waals surface area contributed by atoms with Gasteiger partial charge in [-0.25, -0.2) is 0 Å². The number of hydrogen-bond donors (Lipinski definition) is 0. The Hall–Kier alpha value is 0.560. The standard InChI is InChI=1S/C16H34NP2/c1-7-11-14-17(18(5)6)19(10-4)15(8-2)12-13-16(19)9-3/h10,15-16H,4,7-9,11-14H2,1-3,5-6H3/q+1/t15-,16-/m1/s1. The van der Waals surface area contributed by atoms with Crippen LogP contribution in [-0.2, 0) is 0 Å². The zero-order valence-corrected chi connectivity index (χ0v) is 15.5. The summed E-state index contributed by atoms with van der Waals surface area (Å²) in [6.45, 7) is 17.7. The van der Waals surface area contributed by atoms with E-state index in [0.29, 0.717) is 0 Å². The topological polar surface area (TPSA) is 3.24 Å². The van der Waals surface area contributed by atoms with Gasteiger partial charge in [0.1, 0.15) is 7.41 Å². The quantitative estimate of drug-likeness (QED) is 0.484. The van der Waals surface area contributed by atoms with Gasteiger partial charge >= 0.3 is 0 Å². The molecule has 1 rings (SSSR count). The van der Waals surface area contributed by atoms with Crippen LogP contribution >= 0.6 is 15.5 Å². The fourth-order valence-electron chi connectivity index (χ4n) is 3.84. The molecule has 1 aliphatic rings. The van der Waals surface area contributed by atoms with Crippen LogP contribution < -0.4 is 0 Å². The van der Waals surface area contributed by atoms with Crippen LogP contribution in [0.25, 0.3) is 0 Å². The van der Waals surface area contributed by atoms with Gasteiger partial charge in [0, 0.05) is 6.54 Å². The zero-order chi connectivity index (χ0) is 14.5. The van der Waals surface area contributed by atoms with Gasteiger partial charge in [0.25, 0.3) is 0 Å². The lowest BCUT2D eigenvalue weighted by molar-refractivity contribution is 0.616. The Morgan fingerprint density at radius 2 is 1.68 bits per heavy atom. The number of rotatable bonds is 8. The molecule has 0 spiro atoms. The van der Waals surface area contributed by atoms with Gasteiger partial charge in [0.15, 0.2) is 0 Å². The van der Waals surface area contributed by atoms with Gasteiger partial charge in [-0.15, -0.1) is 0 Å². The molecule has 1 heterocycles. The summed E-state index contributed by atoms with van der Waals surface area (Å²) in [5.74, 6) is 2.44. The monoisotopic (exact) mass is 302 g/mol. The third kappa shape index (κ3) is 3.42. The van der Waals surface area contributed by atoms with Crippen LogP contribution in [0.3, 0.4) is 0 Å². The van der Waals surface area contributed by atoms with Crippen molar-refractivity contribution in [3.63, 3.8) is 0 Å². The fraction of sp³-hybridized carbons (Fsp3) is 0.875. The molecule has 0 bridgehead atoms. The fourth-order valence-corrected chi connectivity index (χ4v) is 12.9. The average molecular weight is 302 g/mol. The van der Waals surface area contributed by atoms with Gasteiger partial charge in [0.05, 0.1) is 17.1 Å². The Bertz CT molecular complexity index is 266. The summed E-state index contributed by atoms with van der Waals surface area (Å²) in [4.78, 5) is 0. The van der Waals surface area contributed by atoms with Crippen molar-refractivity contribution >= 4 is 15.5 Å². The average Bonchev–Trinajstić information content (AvgIpc) is 2.77. The van der Waals surface area contributed by atoms with E-state index in [1.54, 1.807) is 0 Å². The van der Waals surface area contributed by atoms with Crippen LogP contribution in [0.1, 0.15) is 59.3 Å². The maximum absolute atomic E-state index is 4.34. The first-order chi connectivity index (χ1) is 9.08. The second-order valence-corrected chi connectivity index (χ2v) is 12.4. The first-order valence-corrected chi connectivity index (χ1v) is 12.2. The minimum absolute atomic E-state index is 0.00586. The molecule has 0 unspecified atom stereocenters. The maximum atomic E-state index is 4.34. The highest BCUT2D eigenvalue weighted by atomic mass is 31.2. The molecule has 0 saturated carbocycles. The summed E-state index contributed by atoms with van der Waals surface area (Å²) in [6, 6.07) is 0. The Labute approximate surface area is 123 Å². The molecule has 2 atom stereocenters. The van der Waals surface area contributed by atoms with Crippen LogP contribution in [-0.4, -0.2) is 35.6 Å². The molecule has 0 aromatic rings. The van der Waals surface area contributed by atoms with E-state index in [0.717, 1.165) is 11.3 Å². The Morgan fingerprint density at radius 3 is 2.00 bits per heavy atom. The molecule has 0 aromatic carbocycles. The van der Waals surface area contributed by atoms with Crippen molar-refractivity contribution in [1.29, 1.82) is 0 Å². The maximum Gasteiger partial charge on any atom is 0.117 e. The Kier molecular flexibility index (Phi) is 7.52. The van der Waals surface area contributed by atoms with E-state index < -0.39 is 7.41 Å². The van der Waals surface area contributed by atoms with Gasteiger partial charge in [-0.1, -0.05) is 33.8 Å². The van der Waals surface area contributed by atoms with Gasteiger partial charge in [-0.2, -0.15) is 4.44 Å². The molecule has 0 aromatic heterocycles. The van der Waals surface area contributed by atoms with E-state index in [4.69, 9.17) is 0 Å². The Morgan fingerprint density at radius 1 is 1.16 bits per heavy atom. The number of hydrogen-bond acceptors (Lipinski definition) is 1. The second kappa shape index (κ2) is 8.11. The predicted octanol–water partition coefficient (Wildman–Crippen LogP) is 6.17. The third-order valence-corrected chi connectivity index (χ3v) is 13.1. The molecule has 0 radical (unpaired) electrons. The summed E-state index contributed by atoms with van der Waals surface area (Å²) in [5, 5.41) is 0. The summed E-state index contributed by atoms with van der Waals surface area (Å²) in [5.41, 5.74) is 1.86. The van der Waals surface area contributed by atoms with Crippen LogP contribution in [0, 0.1) is 0 Å². The predicted molar refractivity (Wildman–Crippen MR) is 94.9 cm³/mol. The number of unbranched alkanes of at least 4 members (excludes halogenated alkanes) is 1. The Balaban J connectivity index is 3.10. The molecule has 112 valence electrons. The van der Waals surface area contributed by atoms with Crippen LogP contribution in [0.15, 0.2) is 12.4 Å². The molecule has 19 heavy (non-hydrogen) atoms. The lowest BCUT2D eigenvalue weighted by atomic mass is 10.1. The lowest BCUT2D eigenvalue weighted by Crippen LogP contribution is -2.28. The van der Waals surface area contributed by atoms with Crippen molar-refractivity contribution in [1.82, 2.24) is 4.44 Å². The van der Waals surface area contributed by atoms with Gasteiger partial charge < -0.3 is 0 Å². The SMILES string of the molecule is C=C[P+]1(N(CCCC)P(C)C)[C@H](CC)CC[C@H]1CC. The van der Waals surface area contributed by atoms with Crippen molar-refractivity contribution in [2.24, 2.45) is 0 Å². The molecule has 1 fully saturated rings. The van der Waals surface area contributed by atoms with Crippen molar-refractivity contribution in [3.05, 3.63) is 12.4 Å². The highest BCUT2D eigenvalue weighted by molar-refractivity contribution is 7.84. The van der Waals surface area contributed by atoms with E-state index >= 15 is 0 Å². The lowest BCUT2D eigenvalue weighted by Gasteiger charge is -2.41. The first-order valence-electron chi connectivity index (χ1n) is 8.05. The van der Waals surface area contributed by atoms with Crippen molar-refractivity contribution in [3.8, 4) is 0 Å². The first kappa shape index (κ1) is 17.6. The van der Waals surface area contributed by atoms with Crippen LogP contribution in [0.5, 0.6) is 0 Å². The van der Waals surface area contributed by atoms with Crippen LogP contribution in [0.4, 0.5) is 0 Å². The normalized spacial score (nSPS) is 26.3. The number of nitrogens with zero attached hydrogens (tertiary/aromatic N) is 1. The highest BCUT2D eigenvalue weighted by Crippen LogP contribution is 2.81. The summed E-state index contributed by atoms with van der Waals surface area (Å²) in [6.07, 6.45) is 8.25. The van der Waals surface area contributed by atoms with E-state index in [9.17, 15) is 0 Å². The van der Waals surface area contributed by atoms with Gasteiger partial charge in [-0.3, -0.25) is 0 Å². The molecule has 1 aliphatic heterocycles. The van der Waals surface area contributed by atoms with Crippen LogP contribution in [0.2, 0.25) is 0 Å². The largest absolute Gasteiger partial charge is 0.156 e. The third-order valence-electron chi connectivity index (χ3n) is 4.81. The zero-order valence-electron chi connectivity index (χ0n) is 13.7. The van der Waals surface area contributed by atoms with Gasteiger partial charge in [0.2, 0.25) is 0 Å². The molecule has 0 N–H and O–H groups in total. The minimum Gasteiger partial charge on any atom is -0.156 e. The minimum atomic E-state index is -1.12.